The zero-order chi connectivity index (χ0) is 14.6. The predicted octanol–water partition coefficient (Wildman–Crippen LogP) is 2.22. The maximum atomic E-state index is 9.77. The van der Waals surface area contributed by atoms with Gasteiger partial charge in [0.15, 0.2) is 0 Å². The van der Waals surface area contributed by atoms with Gasteiger partial charge in [-0.3, -0.25) is 0 Å². The normalized spacial score (nSPS) is 12.3. The Labute approximate surface area is 125 Å². The summed E-state index contributed by atoms with van der Waals surface area (Å²) in [6.45, 7) is 1.91. The summed E-state index contributed by atoms with van der Waals surface area (Å²) >= 11 is 5.84. The number of hydrogen-bond acceptors (Lipinski definition) is 4. The van der Waals surface area contributed by atoms with Crippen LogP contribution in [0.4, 0.5) is 0 Å². The lowest BCUT2D eigenvalue weighted by Gasteiger charge is -2.13. The van der Waals surface area contributed by atoms with Gasteiger partial charge in [0.25, 0.3) is 0 Å². The minimum absolute atomic E-state index is 0.248. The van der Waals surface area contributed by atoms with Crippen molar-refractivity contribution in [2.75, 3.05) is 26.3 Å². The molecule has 0 aliphatic carbocycles. The van der Waals surface area contributed by atoms with E-state index in [9.17, 15) is 5.11 Å². The molecular formula is C15H24ClNO3. The van der Waals surface area contributed by atoms with Crippen molar-refractivity contribution in [2.45, 2.75) is 31.8 Å². The van der Waals surface area contributed by atoms with Gasteiger partial charge in [0.1, 0.15) is 18.5 Å². The Bertz CT molecular complexity index is 363. The molecule has 3 N–H and O–H groups in total. The maximum absolute atomic E-state index is 9.77. The minimum Gasteiger partial charge on any atom is -0.491 e. The molecule has 0 bridgehead atoms. The number of hydrogen-bond donors (Lipinski definition) is 3. The number of benzene rings is 1. The van der Waals surface area contributed by atoms with E-state index in [0.717, 1.165) is 32.2 Å². The molecule has 1 aromatic carbocycles. The molecular weight excluding hydrogens is 278 g/mol. The Hall–Kier alpha value is -0.810. The second-order valence-electron chi connectivity index (χ2n) is 4.76. The van der Waals surface area contributed by atoms with Crippen molar-refractivity contribution in [3.05, 3.63) is 29.3 Å². The fourth-order valence-electron chi connectivity index (χ4n) is 1.79. The standard InChI is InChI=1S/C15H24ClNO3/c16-13-6-5-7-15(10-13)20-12-14(19)11-17-8-3-1-2-4-9-18/h5-7,10,14,17-19H,1-4,8-9,11-12H2. The molecule has 0 radical (unpaired) electrons. The summed E-state index contributed by atoms with van der Waals surface area (Å²) in [5.74, 6) is 0.667. The summed E-state index contributed by atoms with van der Waals surface area (Å²) in [5.41, 5.74) is 0. The molecule has 0 saturated heterocycles. The number of rotatable bonds is 11. The number of unbranched alkanes of at least 4 members (excludes halogenated alkanes) is 3. The number of aliphatic hydroxyl groups excluding tert-OH is 2. The van der Waals surface area contributed by atoms with Crippen molar-refractivity contribution in [2.24, 2.45) is 0 Å². The van der Waals surface area contributed by atoms with Crippen molar-refractivity contribution in [3.8, 4) is 5.75 Å². The van der Waals surface area contributed by atoms with E-state index in [1.54, 1.807) is 12.1 Å². The average Bonchev–Trinajstić information content (AvgIpc) is 2.44. The van der Waals surface area contributed by atoms with Crippen LogP contribution in [0.3, 0.4) is 0 Å². The zero-order valence-electron chi connectivity index (χ0n) is 11.7. The van der Waals surface area contributed by atoms with Crippen molar-refractivity contribution >= 4 is 11.6 Å². The Morgan fingerprint density at radius 3 is 2.75 bits per heavy atom. The van der Waals surface area contributed by atoms with Crippen LogP contribution in [0, 0.1) is 0 Å². The number of halogens is 1. The molecule has 20 heavy (non-hydrogen) atoms. The summed E-state index contributed by atoms with van der Waals surface area (Å²) in [4.78, 5) is 0. The van der Waals surface area contributed by atoms with Gasteiger partial charge in [0.05, 0.1) is 0 Å². The van der Waals surface area contributed by atoms with Gasteiger partial charge in [0, 0.05) is 18.2 Å². The molecule has 0 spiro atoms. The first-order valence-electron chi connectivity index (χ1n) is 7.10. The Balaban J connectivity index is 2.01. The zero-order valence-corrected chi connectivity index (χ0v) is 12.5. The smallest absolute Gasteiger partial charge is 0.120 e. The van der Waals surface area contributed by atoms with Gasteiger partial charge < -0.3 is 20.3 Å². The molecule has 0 heterocycles. The fourth-order valence-corrected chi connectivity index (χ4v) is 1.97. The molecule has 0 aromatic heterocycles. The molecule has 0 aliphatic heterocycles. The Kier molecular flexibility index (Phi) is 9.41. The van der Waals surface area contributed by atoms with E-state index in [0.29, 0.717) is 17.3 Å². The van der Waals surface area contributed by atoms with E-state index in [2.05, 4.69) is 5.32 Å². The van der Waals surface area contributed by atoms with E-state index in [4.69, 9.17) is 21.4 Å². The monoisotopic (exact) mass is 301 g/mol. The molecule has 4 nitrogen and oxygen atoms in total. The molecule has 1 atom stereocenters. The fraction of sp³-hybridized carbons (Fsp3) is 0.600. The quantitative estimate of drug-likeness (QED) is 0.549. The first-order chi connectivity index (χ1) is 9.72. The topological polar surface area (TPSA) is 61.7 Å². The Morgan fingerprint density at radius 2 is 2.00 bits per heavy atom. The molecule has 1 rings (SSSR count). The summed E-state index contributed by atoms with van der Waals surface area (Å²) in [7, 11) is 0. The van der Waals surface area contributed by atoms with Crippen LogP contribution in [0.1, 0.15) is 25.7 Å². The van der Waals surface area contributed by atoms with E-state index >= 15 is 0 Å². The molecule has 0 fully saturated rings. The van der Waals surface area contributed by atoms with Crippen LogP contribution in [0.5, 0.6) is 5.75 Å². The molecule has 0 saturated carbocycles. The summed E-state index contributed by atoms with van der Waals surface area (Å²) in [6, 6.07) is 7.13. The molecule has 5 heteroatoms. The first-order valence-corrected chi connectivity index (χ1v) is 7.48. The van der Waals surface area contributed by atoms with Crippen LogP contribution in [0.2, 0.25) is 5.02 Å². The van der Waals surface area contributed by atoms with Crippen LogP contribution >= 0.6 is 11.6 Å². The van der Waals surface area contributed by atoms with Gasteiger partial charge in [-0.2, -0.15) is 0 Å². The highest BCUT2D eigenvalue weighted by Gasteiger charge is 2.04. The van der Waals surface area contributed by atoms with Gasteiger partial charge in [-0.25, -0.2) is 0 Å². The lowest BCUT2D eigenvalue weighted by Crippen LogP contribution is -2.32. The lowest BCUT2D eigenvalue weighted by atomic mass is 10.2. The molecule has 0 aliphatic rings. The highest BCUT2D eigenvalue weighted by Crippen LogP contribution is 2.17. The number of nitrogens with one attached hydrogen (secondary N) is 1. The summed E-state index contributed by atoms with van der Waals surface area (Å²) in [6.07, 6.45) is 3.55. The van der Waals surface area contributed by atoms with Crippen LogP contribution in [-0.2, 0) is 0 Å². The Morgan fingerprint density at radius 1 is 1.20 bits per heavy atom. The second-order valence-corrected chi connectivity index (χ2v) is 5.20. The van der Waals surface area contributed by atoms with Gasteiger partial charge >= 0.3 is 0 Å². The third-order valence-electron chi connectivity index (χ3n) is 2.88. The maximum Gasteiger partial charge on any atom is 0.120 e. The van der Waals surface area contributed by atoms with Crippen molar-refractivity contribution in [1.29, 1.82) is 0 Å². The summed E-state index contributed by atoms with van der Waals surface area (Å²) < 4.78 is 5.46. The predicted molar refractivity (Wildman–Crippen MR) is 81.4 cm³/mol. The second kappa shape index (κ2) is 10.9. The minimum atomic E-state index is -0.536. The first kappa shape index (κ1) is 17.2. The summed E-state index contributed by atoms with van der Waals surface area (Å²) in [5, 5.41) is 22.2. The van der Waals surface area contributed by atoms with Gasteiger partial charge in [-0.05, 0) is 37.6 Å². The van der Waals surface area contributed by atoms with E-state index < -0.39 is 6.10 Å². The largest absolute Gasteiger partial charge is 0.491 e. The molecule has 1 unspecified atom stereocenters. The van der Waals surface area contributed by atoms with E-state index in [1.807, 2.05) is 12.1 Å². The third kappa shape index (κ3) is 8.38. The third-order valence-corrected chi connectivity index (χ3v) is 3.12. The SMILES string of the molecule is OCCCCCCNCC(O)COc1cccc(Cl)c1. The highest BCUT2D eigenvalue weighted by molar-refractivity contribution is 6.30. The number of ether oxygens (including phenoxy) is 1. The molecule has 1 aromatic rings. The van der Waals surface area contributed by atoms with Crippen LogP contribution < -0.4 is 10.1 Å². The average molecular weight is 302 g/mol. The van der Waals surface area contributed by atoms with Gasteiger partial charge in [-0.15, -0.1) is 0 Å². The van der Waals surface area contributed by atoms with E-state index in [1.165, 1.54) is 0 Å². The van der Waals surface area contributed by atoms with Gasteiger partial charge in [0.2, 0.25) is 0 Å². The lowest BCUT2D eigenvalue weighted by molar-refractivity contribution is 0.106. The van der Waals surface area contributed by atoms with E-state index in [-0.39, 0.29) is 13.2 Å². The van der Waals surface area contributed by atoms with Gasteiger partial charge in [-0.1, -0.05) is 30.5 Å². The van der Waals surface area contributed by atoms with Crippen molar-refractivity contribution in [3.63, 3.8) is 0 Å². The van der Waals surface area contributed by atoms with Crippen LogP contribution in [-0.4, -0.2) is 42.6 Å². The van der Waals surface area contributed by atoms with Crippen molar-refractivity contribution < 1.29 is 14.9 Å². The molecule has 0 amide bonds. The van der Waals surface area contributed by atoms with Crippen LogP contribution in [0.25, 0.3) is 0 Å². The van der Waals surface area contributed by atoms with Crippen LogP contribution in [0.15, 0.2) is 24.3 Å². The van der Waals surface area contributed by atoms with Crippen molar-refractivity contribution in [1.82, 2.24) is 5.32 Å². The highest BCUT2D eigenvalue weighted by atomic mass is 35.5. The number of aliphatic hydroxyl groups is 2. The molecule has 114 valence electrons.